The Labute approximate surface area is 203 Å². The average molecular weight is 475 g/mol. The Hall–Kier alpha value is -3.12. The Bertz CT molecular complexity index is 1290. The topological polar surface area (TPSA) is 40.6 Å². The van der Waals surface area contributed by atoms with Crippen LogP contribution < -0.4 is 4.90 Å². The van der Waals surface area contributed by atoms with Gasteiger partial charge in [0.25, 0.3) is 11.8 Å². The number of nitrogens with zero attached hydrogens (tertiary/aromatic N) is 2. The molecule has 4 nitrogen and oxygen atoms in total. The Kier molecular flexibility index (Phi) is 5.32. The maximum absolute atomic E-state index is 14.3. The van der Waals surface area contributed by atoms with Crippen LogP contribution in [-0.4, -0.2) is 28.0 Å². The molecule has 0 aliphatic carbocycles. The number of aryl methyl sites for hydroxylation is 2. The summed E-state index contributed by atoms with van der Waals surface area (Å²) in [4.78, 5) is 30.5. The van der Waals surface area contributed by atoms with E-state index in [4.69, 9.17) is 0 Å². The fourth-order valence-electron chi connectivity index (χ4n) is 4.90. The largest absolute Gasteiger partial charge is 0.310 e. The number of hydrogen-bond donors (Lipinski definition) is 0. The third-order valence-corrected chi connectivity index (χ3v) is 8.08. The normalized spacial score (nSPS) is 20.8. The Morgan fingerprint density at radius 3 is 2.29 bits per heavy atom. The molecule has 5 rings (SSSR count). The molecule has 0 aromatic heterocycles. The SMILES string of the molecule is Cc1ccc(C(=O)N2CC(C)(C)SC23C(=O)N(Cc2ccc(F)cc2)c2ccc(C)cc23)cc1. The van der Waals surface area contributed by atoms with Crippen molar-refractivity contribution < 1.29 is 14.0 Å². The lowest BCUT2D eigenvalue weighted by molar-refractivity contribution is -0.123. The highest BCUT2D eigenvalue weighted by Gasteiger charge is 2.63. The first-order chi connectivity index (χ1) is 16.1. The molecule has 0 bridgehead atoms. The van der Waals surface area contributed by atoms with Gasteiger partial charge >= 0.3 is 0 Å². The van der Waals surface area contributed by atoms with Crippen LogP contribution in [0, 0.1) is 19.7 Å². The second-order valence-corrected chi connectivity index (χ2v) is 11.7. The van der Waals surface area contributed by atoms with Crippen LogP contribution in [-0.2, 0) is 16.2 Å². The second kappa shape index (κ2) is 7.98. The summed E-state index contributed by atoms with van der Waals surface area (Å²) in [5.74, 6) is -0.595. The number of hydrogen-bond acceptors (Lipinski definition) is 3. The molecule has 1 spiro atoms. The van der Waals surface area contributed by atoms with Gasteiger partial charge in [-0.3, -0.25) is 9.59 Å². The minimum absolute atomic E-state index is 0.131. The van der Waals surface area contributed by atoms with Crippen LogP contribution in [0.15, 0.2) is 66.7 Å². The van der Waals surface area contributed by atoms with Gasteiger partial charge in [0.05, 0.1) is 12.2 Å². The molecule has 0 N–H and O–H groups in total. The van der Waals surface area contributed by atoms with E-state index >= 15 is 0 Å². The van der Waals surface area contributed by atoms with Gasteiger partial charge in [-0.05, 0) is 63.6 Å². The number of carbonyl (C=O) groups excluding carboxylic acids is 2. The van der Waals surface area contributed by atoms with E-state index < -0.39 is 4.87 Å². The van der Waals surface area contributed by atoms with Gasteiger partial charge in [0.1, 0.15) is 5.82 Å². The summed E-state index contributed by atoms with van der Waals surface area (Å²) in [6, 6.07) is 19.7. The summed E-state index contributed by atoms with van der Waals surface area (Å²) < 4.78 is 13.2. The van der Waals surface area contributed by atoms with Crippen molar-refractivity contribution in [1.82, 2.24) is 4.90 Å². The number of anilines is 1. The molecule has 2 heterocycles. The van der Waals surface area contributed by atoms with E-state index in [0.29, 0.717) is 18.7 Å². The van der Waals surface area contributed by atoms with Gasteiger partial charge in [-0.25, -0.2) is 4.39 Å². The molecule has 6 heteroatoms. The van der Waals surface area contributed by atoms with Gasteiger partial charge in [-0.15, -0.1) is 11.8 Å². The molecular weight excluding hydrogens is 447 g/mol. The molecule has 1 atom stereocenters. The van der Waals surface area contributed by atoms with Crippen molar-refractivity contribution in [3.63, 3.8) is 0 Å². The highest BCUT2D eigenvalue weighted by atomic mass is 32.2. The molecule has 3 aromatic carbocycles. The van der Waals surface area contributed by atoms with Crippen molar-refractivity contribution in [3.8, 4) is 0 Å². The standard InChI is InChI=1S/C28H27FN2O2S/c1-18-5-10-21(11-6-18)25(32)31-17-27(3,4)34-28(31)23-15-19(2)7-14-24(23)30(26(28)33)16-20-8-12-22(29)13-9-20/h5-15H,16-17H2,1-4H3. The predicted molar refractivity (Wildman–Crippen MR) is 134 cm³/mol. The maximum Gasteiger partial charge on any atom is 0.268 e. The summed E-state index contributed by atoms with van der Waals surface area (Å²) in [5.41, 5.74) is 5.15. The number of amides is 2. The summed E-state index contributed by atoms with van der Waals surface area (Å²) in [5, 5.41) is 0. The van der Waals surface area contributed by atoms with Crippen LogP contribution >= 0.6 is 11.8 Å². The van der Waals surface area contributed by atoms with Gasteiger partial charge in [-0.1, -0.05) is 47.5 Å². The zero-order chi connectivity index (χ0) is 24.3. The lowest BCUT2D eigenvalue weighted by atomic mass is 10.0. The van der Waals surface area contributed by atoms with E-state index in [1.807, 2.05) is 56.3 Å². The molecule has 0 saturated carbocycles. The Balaban J connectivity index is 1.64. The number of fused-ring (bicyclic) bond motifs is 2. The highest BCUT2D eigenvalue weighted by molar-refractivity contribution is 8.02. The summed E-state index contributed by atoms with van der Waals surface area (Å²) in [7, 11) is 0. The second-order valence-electron chi connectivity index (χ2n) is 9.80. The molecule has 0 radical (unpaired) electrons. The fraction of sp³-hybridized carbons (Fsp3) is 0.286. The lowest BCUT2D eigenvalue weighted by Crippen LogP contribution is -2.50. The van der Waals surface area contributed by atoms with E-state index in [1.54, 1.807) is 33.7 Å². The van der Waals surface area contributed by atoms with Crippen LogP contribution in [0.25, 0.3) is 0 Å². The van der Waals surface area contributed by atoms with Crippen LogP contribution in [0.1, 0.15) is 46.5 Å². The molecule has 1 unspecified atom stereocenters. The molecular formula is C28H27FN2O2S. The van der Waals surface area contributed by atoms with Gasteiger partial charge in [0.15, 0.2) is 4.87 Å². The number of carbonyl (C=O) groups is 2. The van der Waals surface area contributed by atoms with Crippen LogP contribution in [0.3, 0.4) is 0 Å². The third-order valence-electron chi connectivity index (χ3n) is 6.48. The smallest absolute Gasteiger partial charge is 0.268 e. The van der Waals surface area contributed by atoms with Gasteiger partial charge in [-0.2, -0.15) is 0 Å². The zero-order valence-corrected chi connectivity index (χ0v) is 20.6. The number of benzene rings is 3. The fourth-order valence-corrected chi connectivity index (χ4v) is 6.62. The van der Waals surface area contributed by atoms with Crippen LogP contribution in [0.5, 0.6) is 0 Å². The van der Waals surface area contributed by atoms with Crippen molar-refractivity contribution in [1.29, 1.82) is 0 Å². The molecule has 2 amide bonds. The lowest BCUT2D eigenvalue weighted by Gasteiger charge is -2.33. The number of halogens is 1. The quantitative estimate of drug-likeness (QED) is 0.481. The first-order valence-corrected chi connectivity index (χ1v) is 12.2. The average Bonchev–Trinajstić information content (AvgIpc) is 3.21. The van der Waals surface area contributed by atoms with E-state index in [-0.39, 0.29) is 22.4 Å². The summed E-state index contributed by atoms with van der Waals surface area (Å²) in [6.07, 6.45) is 0. The zero-order valence-electron chi connectivity index (χ0n) is 19.8. The molecule has 3 aromatic rings. The van der Waals surface area contributed by atoms with Crippen molar-refractivity contribution in [2.45, 2.75) is 43.9 Å². The van der Waals surface area contributed by atoms with Crippen molar-refractivity contribution >= 4 is 29.3 Å². The Morgan fingerprint density at radius 1 is 0.971 bits per heavy atom. The number of thioether (sulfide) groups is 1. The number of rotatable bonds is 3. The monoisotopic (exact) mass is 474 g/mol. The van der Waals surface area contributed by atoms with Gasteiger partial charge < -0.3 is 9.80 Å². The third kappa shape index (κ3) is 3.61. The van der Waals surface area contributed by atoms with E-state index in [1.165, 1.54) is 12.1 Å². The summed E-state index contributed by atoms with van der Waals surface area (Å²) in [6.45, 7) is 8.90. The first-order valence-electron chi connectivity index (χ1n) is 11.4. The molecule has 1 saturated heterocycles. The highest BCUT2D eigenvalue weighted by Crippen LogP contribution is 2.60. The van der Waals surface area contributed by atoms with Gasteiger partial charge in [0, 0.05) is 22.4 Å². The first kappa shape index (κ1) is 22.7. The Morgan fingerprint density at radius 2 is 1.62 bits per heavy atom. The molecule has 2 aliphatic rings. The molecule has 174 valence electrons. The molecule has 1 fully saturated rings. The summed E-state index contributed by atoms with van der Waals surface area (Å²) >= 11 is 1.54. The van der Waals surface area contributed by atoms with Crippen molar-refractivity contribution in [3.05, 3.63) is 100 Å². The van der Waals surface area contributed by atoms with Crippen LogP contribution in [0.4, 0.5) is 10.1 Å². The predicted octanol–water partition coefficient (Wildman–Crippen LogP) is 5.81. The van der Waals surface area contributed by atoms with E-state index in [2.05, 4.69) is 13.8 Å². The van der Waals surface area contributed by atoms with Gasteiger partial charge in [0.2, 0.25) is 0 Å². The molecule has 2 aliphatic heterocycles. The van der Waals surface area contributed by atoms with Crippen molar-refractivity contribution in [2.24, 2.45) is 0 Å². The molecule has 34 heavy (non-hydrogen) atoms. The maximum atomic E-state index is 14.3. The van der Waals surface area contributed by atoms with Crippen molar-refractivity contribution in [2.75, 3.05) is 11.4 Å². The minimum Gasteiger partial charge on any atom is -0.310 e. The minimum atomic E-state index is -1.15. The van der Waals surface area contributed by atoms with Crippen LogP contribution in [0.2, 0.25) is 0 Å². The van der Waals surface area contributed by atoms with E-state index in [9.17, 15) is 14.0 Å². The van der Waals surface area contributed by atoms with E-state index in [0.717, 1.165) is 27.9 Å².